The highest BCUT2D eigenvalue weighted by Gasteiger charge is 2.22. The van der Waals surface area contributed by atoms with Crippen molar-refractivity contribution in [3.05, 3.63) is 41.8 Å². The predicted molar refractivity (Wildman–Crippen MR) is 69.2 cm³/mol. The summed E-state index contributed by atoms with van der Waals surface area (Å²) >= 11 is 0. The molecule has 1 aromatic heterocycles. The van der Waals surface area contributed by atoms with Crippen LogP contribution in [0.2, 0.25) is 0 Å². The third-order valence-corrected chi connectivity index (χ3v) is 3.81. The SMILES string of the molecule is CC(=O)NCc1nnc(S(=O)(=O)Cc2ccccc2)o1. The van der Waals surface area contributed by atoms with Gasteiger partial charge in [0.05, 0.1) is 12.3 Å². The van der Waals surface area contributed by atoms with Crippen LogP contribution in [0.25, 0.3) is 0 Å². The number of sulfone groups is 1. The molecule has 0 atom stereocenters. The number of carbonyl (C=O) groups excluding carboxylic acids is 1. The lowest BCUT2D eigenvalue weighted by molar-refractivity contribution is -0.119. The van der Waals surface area contributed by atoms with Crippen LogP contribution in [-0.4, -0.2) is 24.5 Å². The van der Waals surface area contributed by atoms with E-state index in [1.165, 1.54) is 6.92 Å². The molecule has 1 N–H and O–H groups in total. The van der Waals surface area contributed by atoms with E-state index in [0.29, 0.717) is 5.56 Å². The molecule has 2 rings (SSSR count). The summed E-state index contributed by atoms with van der Waals surface area (Å²) in [4.78, 5) is 10.7. The summed E-state index contributed by atoms with van der Waals surface area (Å²) in [5.41, 5.74) is 0.633. The van der Waals surface area contributed by atoms with Crippen LogP contribution in [0.4, 0.5) is 0 Å². The Labute approximate surface area is 115 Å². The molecule has 106 valence electrons. The maximum absolute atomic E-state index is 12.1. The molecule has 0 bridgehead atoms. The Balaban J connectivity index is 2.12. The Morgan fingerprint density at radius 1 is 1.25 bits per heavy atom. The zero-order chi connectivity index (χ0) is 14.6. The molecule has 0 spiro atoms. The molecule has 1 amide bonds. The van der Waals surface area contributed by atoms with Crippen LogP contribution in [0.15, 0.2) is 40.0 Å². The second-order valence-electron chi connectivity index (χ2n) is 4.12. The van der Waals surface area contributed by atoms with E-state index in [9.17, 15) is 13.2 Å². The van der Waals surface area contributed by atoms with Crippen molar-refractivity contribution in [2.45, 2.75) is 24.4 Å². The van der Waals surface area contributed by atoms with Crippen molar-refractivity contribution in [2.24, 2.45) is 0 Å². The van der Waals surface area contributed by atoms with Gasteiger partial charge in [-0.3, -0.25) is 4.79 Å². The summed E-state index contributed by atoms with van der Waals surface area (Å²) in [5, 5.41) is 9.09. The molecule has 1 heterocycles. The molecule has 0 saturated carbocycles. The monoisotopic (exact) mass is 295 g/mol. The van der Waals surface area contributed by atoms with Crippen molar-refractivity contribution < 1.29 is 17.6 Å². The maximum Gasteiger partial charge on any atom is 0.335 e. The van der Waals surface area contributed by atoms with Gasteiger partial charge in [0, 0.05) is 6.92 Å². The third-order valence-electron chi connectivity index (χ3n) is 2.40. The largest absolute Gasteiger partial charge is 0.411 e. The van der Waals surface area contributed by atoms with E-state index in [2.05, 4.69) is 15.5 Å². The molecular weight excluding hydrogens is 282 g/mol. The van der Waals surface area contributed by atoms with Gasteiger partial charge < -0.3 is 9.73 Å². The molecule has 0 radical (unpaired) electrons. The summed E-state index contributed by atoms with van der Waals surface area (Å²) in [6, 6.07) is 8.70. The fourth-order valence-corrected chi connectivity index (χ4v) is 2.63. The molecule has 0 fully saturated rings. The number of rotatable bonds is 5. The van der Waals surface area contributed by atoms with Crippen molar-refractivity contribution >= 4 is 15.7 Å². The first kappa shape index (κ1) is 14.2. The molecule has 1 aromatic carbocycles. The van der Waals surface area contributed by atoms with Gasteiger partial charge in [-0.25, -0.2) is 8.42 Å². The van der Waals surface area contributed by atoms with E-state index in [0.717, 1.165) is 0 Å². The van der Waals surface area contributed by atoms with Crippen molar-refractivity contribution in [1.29, 1.82) is 0 Å². The van der Waals surface area contributed by atoms with Gasteiger partial charge in [0.1, 0.15) is 0 Å². The average molecular weight is 295 g/mol. The normalized spacial score (nSPS) is 11.2. The third kappa shape index (κ3) is 3.64. The summed E-state index contributed by atoms with van der Waals surface area (Å²) in [6.07, 6.45) is 0. The van der Waals surface area contributed by atoms with Gasteiger partial charge in [-0.1, -0.05) is 35.4 Å². The zero-order valence-corrected chi connectivity index (χ0v) is 11.6. The van der Waals surface area contributed by atoms with Crippen LogP contribution in [0.5, 0.6) is 0 Å². The molecule has 0 aliphatic carbocycles. The van der Waals surface area contributed by atoms with Crippen LogP contribution in [-0.2, 0) is 26.9 Å². The highest BCUT2D eigenvalue weighted by atomic mass is 32.2. The first-order valence-corrected chi connectivity index (χ1v) is 7.46. The molecule has 20 heavy (non-hydrogen) atoms. The summed E-state index contributed by atoms with van der Waals surface area (Å²) < 4.78 is 29.2. The summed E-state index contributed by atoms with van der Waals surface area (Å²) in [7, 11) is -3.68. The van der Waals surface area contributed by atoms with Gasteiger partial charge in [-0.2, -0.15) is 0 Å². The van der Waals surface area contributed by atoms with Crippen LogP contribution in [0.3, 0.4) is 0 Å². The highest BCUT2D eigenvalue weighted by molar-refractivity contribution is 7.90. The lowest BCUT2D eigenvalue weighted by Crippen LogP contribution is -2.19. The van der Waals surface area contributed by atoms with Crippen molar-refractivity contribution in [2.75, 3.05) is 0 Å². The zero-order valence-electron chi connectivity index (χ0n) is 10.7. The number of amides is 1. The van der Waals surface area contributed by atoms with Crippen LogP contribution in [0.1, 0.15) is 18.4 Å². The fraction of sp³-hybridized carbons (Fsp3) is 0.250. The first-order valence-electron chi connectivity index (χ1n) is 5.81. The molecule has 0 saturated heterocycles. The van der Waals surface area contributed by atoms with Crippen LogP contribution in [0, 0.1) is 0 Å². The van der Waals surface area contributed by atoms with E-state index >= 15 is 0 Å². The van der Waals surface area contributed by atoms with Crippen molar-refractivity contribution in [3.63, 3.8) is 0 Å². The number of benzene rings is 1. The average Bonchev–Trinajstić information content (AvgIpc) is 2.86. The fourth-order valence-electron chi connectivity index (χ4n) is 1.49. The van der Waals surface area contributed by atoms with Crippen LogP contribution >= 0.6 is 0 Å². The smallest absolute Gasteiger partial charge is 0.335 e. The Bertz CT molecular complexity index is 695. The standard InChI is InChI=1S/C12H13N3O4S/c1-9(16)13-7-11-14-15-12(19-11)20(17,18)8-10-5-3-2-4-6-10/h2-6H,7-8H2,1H3,(H,13,16). The van der Waals surface area contributed by atoms with Gasteiger partial charge in [-0.05, 0) is 5.56 Å². The summed E-state index contributed by atoms with van der Waals surface area (Å²) in [6.45, 7) is 1.34. The van der Waals surface area contributed by atoms with E-state index < -0.39 is 15.1 Å². The number of hydrogen-bond donors (Lipinski definition) is 1. The van der Waals surface area contributed by atoms with E-state index in [1.807, 2.05) is 0 Å². The highest BCUT2D eigenvalue weighted by Crippen LogP contribution is 2.15. The van der Waals surface area contributed by atoms with Gasteiger partial charge in [0.2, 0.25) is 21.6 Å². The quantitative estimate of drug-likeness (QED) is 0.870. The molecule has 2 aromatic rings. The summed E-state index contributed by atoms with van der Waals surface area (Å²) in [5.74, 6) is -0.431. The minimum atomic E-state index is -3.68. The number of nitrogens with zero attached hydrogens (tertiary/aromatic N) is 2. The predicted octanol–water partition coefficient (Wildman–Crippen LogP) is 0.680. The first-order chi connectivity index (χ1) is 9.47. The lowest BCUT2D eigenvalue weighted by atomic mass is 10.2. The van der Waals surface area contributed by atoms with Gasteiger partial charge in [-0.15, -0.1) is 5.10 Å². The molecular formula is C12H13N3O4S. The minimum Gasteiger partial charge on any atom is -0.411 e. The maximum atomic E-state index is 12.1. The topological polar surface area (TPSA) is 102 Å². The van der Waals surface area contributed by atoms with Crippen molar-refractivity contribution in [1.82, 2.24) is 15.5 Å². The number of carbonyl (C=O) groups is 1. The molecule has 7 nitrogen and oxygen atoms in total. The molecule has 0 aliphatic heterocycles. The number of hydrogen-bond acceptors (Lipinski definition) is 6. The van der Waals surface area contributed by atoms with Crippen molar-refractivity contribution in [3.8, 4) is 0 Å². The van der Waals surface area contributed by atoms with E-state index in [-0.39, 0.29) is 24.1 Å². The Morgan fingerprint density at radius 3 is 2.60 bits per heavy atom. The van der Waals surface area contributed by atoms with Gasteiger partial charge >= 0.3 is 5.22 Å². The van der Waals surface area contributed by atoms with Crippen LogP contribution < -0.4 is 5.32 Å². The lowest BCUT2D eigenvalue weighted by Gasteiger charge is -1.99. The Hall–Kier alpha value is -2.22. The van der Waals surface area contributed by atoms with E-state index in [1.54, 1.807) is 30.3 Å². The Morgan fingerprint density at radius 2 is 1.95 bits per heavy atom. The second-order valence-corrected chi connectivity index (χ2v) is 5.98. The Kier molecular flexibility index (Phi) is 4.14. The number of aromatic nitrogens is 2. The molecule has 0 aliphatic rings. The second kappa shape index (κ2) is 5.83. The van der Waals surface area contributed by atoms with Gasteiger partial charge in [0.25, 0.3) is 0 Å². The van der Waals surface area contributed by atoms with Gasteiger partial charge in [0.15, 0.2) is 0 Å². The minimum absolute atomic E-state index is 0.00316. The number of nitrogens with one attached hydrogen (secondary N) is 1. The molecule has 8 heteroatoms. The molecule has 0 unspecified atom stereocenters. The van der Waals surface area contributed by atoms with E-state index in [4.69, 9.17) is 4.42 Å².